The molecule has 1 aliphatic carbocycles. The number of rotatable bonds is 8. The molecule has 1 fully saturated rings. The van der Waals surface area contributed by atoms with Crippen molar-refractivity contribution in [2.45, 2.75) is 38.0 Å². The molecule has 1 aromatic heterocycles. The fraction of sp³-hybridized carbons (Fsp3) is 0.304. The number of furan rings is 1. The van der Waals surface area contributed by atoms with Gasteiger partial charge < -0.3 is 24.3 Å². The number of fused-ring (bicyclic) bond motifs is 1. The summed E-state index contributed by atoms with van der Waals surface area (Å²) in [5.74, 6) is -1.04. The van der Waals surface area contributed by atoms with Crippen molar-refractivity contribution in [1.82, 2.24) is 5.32 Å². The van der Waals surface area contributed by atoms with E-state index in [1.807, 2.05) is 24.3 Å². The first kappa shape index (κ1) is 20.0. The number of carbonyl (C=O) groups excluding carboxylic acids is 1. The topological polar surface area (TPSA) is 98.0 Å². The number of amides is 1. The molecule has 0 aliphatic heterocycles. The zero-order valence-corrected chi connectivity index (χ0v) is 16.8. The molecule has 2 aromatic carbocycles. The van der Waals surface area contributed by atoms with Crippen molar-refractivity contribution < 1.29 is 28.6 Å². The lowest BCUT2D eigenvalue weighted by Crippen LogP contribution is -2.46. The maximum absolute atomic E-state index is 12.7. The summed E-state index contributed by atoms with van der Waals surface area (Å²) in [7, 11) is 1.55. The number of hydrogen-bond acceptors (Lipinski definition) is 5. The second-order valence-electron chi connectivity index (χ2n) is 7.42. The van der Waals surface area contributed by atoms with Crippen LogP contribution in [0.3, 0.4) is 0 Å². The Morgan fingerprint density at radius 2 is 1.90 bits per heavy atom. The van der Waals surface area contributed by atoms with Gasteiger partial charge in [-0.25, -0.2) is 4.79 Å². The fourth-order valence-corrected chi connectivity index (χ4v) is 3.44. The highest BCUT2D eigenvalue weighted by atomic mass is 16.5. The molecule has 1 unspecified atom stereocenters. The highest BCUT2D eigenvalue weighted by Gasteiger charge is 2.63. The van der Waals surface area contributed by atoms with E-state index < -0.39 is 23.5 Å². The highest BCUT2D eigenvalue weighted by Crippen LogP contribution is 2.40. The predicted octanol–water partition coefficient (Wildman–Crippen LogP) is 3.55. The van der Waals surface area contributed by atoms with Crippen molar-refractivity contribution in [3.05, 3.63) is 65.4 Å². The van der Waals surface area contributed by atoms with Gasteiger partial charge in [-0.05, 0) is 41.8 Å². The molecule has 1 amide bonds. The zero-order chi connectivity index (χ0) is 21.3. The van der Waals surface area contributed by atoms with Crippen LogP contribution in [0, 0.1) is 0 Å². The second-order valence-corrected chi connectivity index (χ2v) is 7.42. The van der Waals surface area contributed by atoms with Gasteiger partial charge in [-0.2, -0.15) is 0 Å². The second kappa shape index (κ2) is 7.84. The Bertz CT molecular complexity index is 1090. The lowest BCUT2D eigenvalue weighted by atomic mass is 10.1. The summed E-state index contributed by atoms with van der Waals surface area (Å²) in [5.41, 5.74) is 1.25. The molecule has 1 aliphatic rings. The SMILES string of the molecule is CCc1ccc(CO[C@@H]2CC2(NC(=O)c2cc3cc(OC)ccc3o2)C(=O)O)cc1. The Morgan fingerprint density at radius 1 is 1.17 bits per heavy atom. The summed E-state index contributed by atoms with van der Waals surface area (Å²) >= 11 is 0. The fourth-order valence-electron chi connectivity index (χ4n) is 3.44. The Kier molecular flexibility index (Phi) is 5.22. The van der Waals surface area contributed by atoms with E-state index in [1.165, 1.54) is 5.56 Å². The van der Waals surface area contributed by atoms with E-state index in [0.29, 0.717) is 16.7 Å². The lowest BCUT2D eigenvalue weighted by Gasteiger charge is -2.14. The molecule has 156 valence electrons. The van der Waals surface area contributed by atoms with Crippen LogP contribution in [0.5, 0.6) is 5.75 Å². The molecule has 2 N–H and O–H groups in total. The van der Waals surface area contributed by atoms with E-state index in [0.717, 1.165) is 12.0 Å². The van der Waals surface area contributed by atoms with Gasteiger partial charge in [0, 0.05) is 11.8 Å². The molecule has 0 saturated heterocycles. The third-order valence-corrected chi connectivity index (χ3v) is 5.44. The van der Waals surface area contributed by atoms with Gasteiger partial charge in [0.15, 0.2) is 11.3 Å². The van der Waals surface area contributed by atoms with Crippen LogP contribution in [0.25, 0.3) is 11.0 Å². The number of carboxylic acids is 1. The summed E-state index contributed by atoms with van der Waals surface area (Å²) in [6.07, 6.45) is 0.552. The summed E-state index contributed by atoms with van der Waals surface area (Å²) in [5, 5.41) is 13.0. The van der Waals surface area contributed by atoms with Crippen molar-refractivity contribution in [3.63, 3.8) is 0 Å². The van der Waals surface area contributed by atoms with Gasteiger partial charge in [0.1, 0.15) is 11.3 Å². The van der Waals surface area contributed by atoms with E-state index >= 15 is 0 Å². The van der Waals surface area contributed by atoms with Crippen LogP contribution in [-0.2, 0) is 22.6 Å². The predicted molar refractivity (Wildman–Crippen MR) is 110 cm³/mol. The van der Waals surface area contributed by atoms with Crippen LogP contribution in [0.1, 0.15) is 35.0 Å². The molecule has 7 heteroatoms. The minimum absolute atomic E-state index is 0.0414. The van der Waals surface area contributed by atoms with Crippen molar-refractivity contribution in [1.29, 1.82) is 0 Å². The van der Waals surface area contributed by atoms with E-state index in [9.17, 15) is 14.7 Å². The quantitative estimate of drug-likeness (QED) is 0.591. The highest BCUT2D eigenvalue weighted by molar-refractivity contribution is 6.00. The van der Waals surface area contributed by atoms with Gasteiger partial charge in [0.05, 0.1) is 19.8 Å². The molecule has 0 bridgehead atoms. The minimum Gasteiger partial charge on any atom is -0.497 e. The molecule has 1 saturated carbocycles. The third-order valence-electron chi connectivity index (χ3n) is 5.44. The van der Waals surface area contributed by atoms with Crippen LogP contribution in [0.2, 0.25) is 0 Å². The van der Waals surface area contributed by atoms with Gasteiger partial charge in [0.25, 0.3) is 5.91 Å². The van der Waals surface area contributed by atoms with Gasteiger partial charge >= 0.3 is 5.97 Å². The normalized spacial score (nSPS) is 20.1. The van der Waals surface area contributed by atoms with Crippen molar-refractivity contribution >= 4 is 22.8 Å². The van der Waals surface area contributed by atoms with Crippen molar-refractivity contribution in [3.8, 4) is 5.75 Å². The van der Waals surface area contributed by atoms with Gasteiger partial charge in [-0.3, -0.25) is 4.79 Å². The molecular formula is C23H23NO6. The van der Waals surface area contributed by atoms with E-state index in [-0.39, 0.29) is 18.8 Å². The van der Waals surface area contributed by atoms with Gasteiger partial charge in [-0.15, -0.1) is 0 Å². The van der Waals surface area contributed by atoms with Crippen LogP contribution in [-0.4, -0.2) is 35.7 Å². The number of aliphatic carboxylic acids is 1. The first-order valence-corrected chi connectivity index (χ1v) is 9.78. The summed E-state index contributed by atoms with van der Waals surface area (Å²) in [6, 6.07) is 14.7. The Balaban J connectivity index is 1.43. The molecule has 7 nitrogen and oxygen atoms in total. The molecular weight excluding hydrogens is 386 g/mol. The summed E-state index contributed by atoms with van der Waals surface area (Å²) in [6.45, 7) is 2.36. The maximum Gasteiger partial charge on any atom is 0.332 e. The molecule has 4 rings (SSSR count). The smallest absolute Gasteiger partial charge is 0.332 e. The number of aryl methyl sites for hydroxylation is 1. The first-order valence-electron chi connectivity index (χ1n) is 9.78. The standard InChI is InChI=1S/C23H23NO6/c1-3-14-4-6-15(7-5-14)13-29-20-12-23(20,22(26)27)24-21(25)19-11-16-10-17(28-2)8-9-18(16)30-19/h4-11,20H,3,12-13H2,1-2H3,(H,24,25)(H,26,27)/t20-,23?/m1/s1. The zero-order valence-electron chi connectivity index (χ0n) is 16.8. The largest absolute Gasteiger partial charge is 0.497 e. The van der Waals surface area contributed by atoms with Crippen molar-refractivity contribution in [2.24, 2.45) is 0 Å². The number of benzene rings is 2. The maximum atomic E-state index is 12.7. The van der Waals surface area contributed by atoms with E-state index in [4.69, 9.17) is 13.9 Å². The molecule has 0 spiro atoms. The van der Waals surface area contributed by atoms with Crippen LogP contribution < -0.4 is 10.1 Å². The van der Waals surface area contributed by atoms with Gasteiger partial charge in [0.2, 0.25) is 0 Å². The molecule has 0 radical (unpaired) electrons. The number of hydrogen-bond donors (Lipinski definition) is 2. The Hall–Kier alpha value is -3.32. The minimum atomic E-state index is -1.45. The van der Waals surface area contributed by atoms with Crippen LogP contribution in [0.15, 0.2) is 52.9 Å². The molecule has 1 heterocycles. The Morgan fingerprint density at radius 3 is 2.57 bits per heavy atom. The van der Waals surface area contributed by atoms with Crippen molar-refractivity contribution in [2.75, 3.05) is 7.11 Å². The summed E-state index contributed by atoms with van der Waals surface area (Å²) < 4.78 is 16.5. The lowest BCUT2D eigenvalue weighted by molar-refractivity contribution is -0.142. The average molecular weight is 409 g/mol. The van der Waals surface area contributed by atoms with E-state index in [2.05, 4.69) is 12.2 Å². The molecule has 30 heavy (non-hydrogen) atoms. The molecule has 3 aromatic rings. The Labute approximate surface area is 173 Å². The number of methoxy groups -OCH3 is 1. The van der Waals surface area contributed by atoms with E-state index in [1.54, 1.807) is 31.4 Å². The monoisotopic (exact) mass is 409 g/mol. The summed E-state index contributed by atoms with van der Waals surface area (Å²) in [4.78, 5) is 24.5. The number of nitrogens with one attached hydrogen (secondary N) is 1. The van der Waals surface area contributed by atoms with Gasteiger partial charge in [-0.1, -0.05) is 31.2 Å². The van der Waals surface area contributed by atoms with Crippen LogP contribution in [0.4, 0.5) is 0 Å². The number of carbonyl (C=O) groups is 2. The first-order chi connectivity index (χ1) is 14.4. The average Bonchev–Trinajstić information content (AvgIpc) is 3.29. The number of carboxylic acid groups (broad SMARTS) is 1. The number of ether oxygens (including phenoxy) is 2. The van der Waals surface area contributed by atoms with Crippen LogP contribution >= 0.6 is 0 Å². The molecule has 2 atom stereocenters. The third kappa shape index (κ3) is 3.76.